The topological polar surface area (TPSA) is 180 Å². The molecule has 1 aromatic heterocycles. The second-order valence-electron chi connectivity index (χ2n) is 8.18. The molecule has 14 heteroatoms. The Morgan fingerprint density at radius 1 is 1.26 bits per heavy atom. The van der Waals surface area contributed by atoms with Crippen LogP contribution in [0, 0.1) is 0 Å². The summed E-state index contributed by atoms with van der Waals surface area (Å²) in [7, 11) is 0. The zero-order valence-electron chi connectivity index (χ0n) is 18.2. The number of ether oxygens (including phenoxy) is 2. The molecule has 2 aliphatic rings. The molecular formula is C21H23ClFN5O7. The maximum Gasteiger partial charge on any atom is 0.348 e. The molecule has 12 nitrogen and oxygen atoms in total. The van der Waals surface area contributed by atoms with E-state index in [0.29, 0.717) is 16.8 Å². The van der Waals surface area contributed by atoms with Crippen molar-refractivity contribution in [1.29, 1.82) is 0 Å². The third-order valence-electron chi connectivity index (χ3n) is 5.89. The van der Waals surface area contributed by atoms with Crippen molar-refractivity contribution >= 4 is 40.9 Å². The SMILES string of the molecule is Nc1nc(Cl)nc2c1NCN2C1OC(COC(Cc2ccc(CO)cc2)(C(=O)O)C(=O)O)CC1F. The molecule has 0 bridgehead atoms. The molecule has 0 aliphatic carbocycles. The lowest BCUT2D eigenvalue weighted by molar-refractivity contribution is -0.187. The van der Waals surface area contributed by atoms with Crippen molar-refractivity contribution in [3.63, 3.8) is 0 Å². The lowest BCUT2D eigenvalue weighted by atomic mass is 9.93. The summed E-state index contributed by atoms with van der Waals surface area (Å²) >= 11 is 5.87. The second kappa shape index (κ2) is 9.77. The first-order chi connectivity index (χ1) is 16.6. The number of aromatic nitrogens is 2. The van der Waals surface area contributed by atoms with Crippen molar-refractivity contribution in [1.82, 2.24) is 9.97 Å². The van der Waals surface area contributed by atoms with Crippen molar-refractivity contribution in [2.24, 2.45) is 0 Å². The fourth-order valence-corrected chi connectivity index (χ4v) is 4.22. The van der Waals surface area contributed by atoms with Crippen molar-refractivity contribution in [3.8, 4) is 0 Å². The lowest BCUT2D eigenvalue weighted by Gasteiger charge is -2.28. The maximum absolute atomic E-state index is 14.9. The number of nitrogens with zero attached hydrogens (tertiary/aromatic N) is 3. The number of carboxylic acid groups (broad SMARTS) is 2. The smallest absolute Gasteiger partial charge is 0.348 e. The lowest BCUT2D eigenvalue weighted by Crippen LogP contribution is -2.52. The van der Waals surface area contributed by atoms with Crippen LogP contribution in [0.2, 0.25) is 5.28 Å². The molecule has 4 rings (SSSR count). The number of rotatable bonds is 9. The van der Waals surface area contributed by atoms with Gasteiger partial charge in [-0.2, -0.15) is 9.97 Å². The van der Waals surface area contributed by atoms with Crippen molar-refractivity contribution in [3.05, 3.63) is 40.7 Å². The number of nitrogens with one attached hydrogen (secondary N) is 1. The summed E-state index contributed by atoms with van der Waals surface area (Å²) in [5.74, 6) is -3.06. The number of fused-ring (bicyclic) bond motifs is 1. The Labute approximate surface area is 203 Å². The molecule has 35 heavy (non-hydrogen) atoms. The minimum absolute atomic E-state index is 0.0931. The number of hydrogen-bond donors (Lipinski definition) is 5. The van der Waals surface area contributed by atoms with Crippen LogP contribution in [-0.2, 0) is 32.1 Å². The van der Waals surface area contributed by atoms with Gasteiger partial charge in [0.25, 0.3) is 5.60 Å². The molecule has 1 aromatic carbocycles. The molecule has 1 saturated heterocycles. The standard InChI is InChI=1S/C21H23ClFN5O7/c22-20-26-15(24)14-16(27-20)28(9-25-14)17-13(23)5-12(35-17)8-34-21(18(30)31,19(32)33)6-10-1-3-11(7-29)4-2-10/h1-4,12-13,17,25,29H,5-9H2,(H,30,31)(H,32,33)(H2,24,26,27). The van der Waals surface area contributed by atoms with Crippen LogP contribution in [0.1, 0.15) is 17.5 Å². The van der Waals surface area contributed by atoms with Gasteiger partial charge in [0.2, 0.25) is 5.28 Å². The van der Waals surface area contributed by atoms with Gasteiger partial charge in [-0.25, -0.2) is 14.0 Å². The minimum Gasteiger partial charge on any atom is -0.479 e. The Bertz CT molecular complexity index is 1110. The van der Waals surface area contributed by atoms with E-state index in [4.69, 9.17) is 31.9 Å². The Hall–Kier alpha value is -3.26. The van der Waals surface area contributed by atoms with Gasteiger partial charge in [0, 0.05) is 12.8 Å². The summed E-state index contributed by atoms with van der Waals surface area (Å²) in [4.78, 5) is 33.4. The van der Waals surface area contributed by atoms with Crippen LogP contribution in [-0.4, -0.2) is 74.6 Å². The number of aliphatic hydroxyl groups is 1. The summed E-state index contributed by atoms with van der Waals surface area (Å²) in [5, 5.41) is 31.5. The van der Waals surface area contributed by atoms with E-state index in [-0.39, 0.29) is 36.6 Å². The molecule has 2 aliphatic heterocycles. The van der Waals surface area contributed by atoms with Crippen molar-refractivity contribution < 1.29 is 38.8 Å². The number of nitrogen functional groups attached to an aromatic ring is 1. The van der Waals surface area contributed by atoms with Crippen LogP contribution >= 0.6 is 11.6 Å². The number of carbonyl (C=O) groups is 2. The molecule has 0 amide bonds. The number of carboxylic acids is 2. The van der Waals surface area contributed by atoms with E-state index in [1.807, 2.05) is 0 Å². The largest absolute Gasteiger partial charge is 0.479 e. The van der Waals surface area contributed by atoms with Gasteiger partial charge < -0.3 is 40.7 Å². The molecule has 3 unspecified atom stereocenters. The number of halogens is 2. The summed E-state index contributed by atoms with van der Waals surface area (Å²) in [6, 6.07) is 6.11. The average molecular weight is 512 g/mol. The number of aliphatic carboxylic acids is 2. The summed E-state index contributed by atoms with van der Waals surface area (Å²) in [5.41, 5.74) is 4.54. The van der Waals surface area contributed by atoms with Gasteiger partial charge in [-0.1, -0.05) is 24.3 Å². The monoisotopic (exact) mass is 511 g/mol. The van der Waals surface area contributed by atoms with Crippen LogP contribution in [0.5, 0.6) is 0 Å². The molecule has 6 N–H and O–H groups in total. The first kappa shape index (κ1) is 24.9. The summed E-state index contributed by atoms with van der Waals surface area (Å²) in [6.45, 7) is -0.581. The van der Waals surface area contributed by atoms with Gasteiger partial charge in [-0.3, -0.25) is 0 Å². The highest BCUT2D eigenvalue weighted by Crippen LogP contribution is 2.39. The van der Waals surface area contributed by atoms with E-state index in [1.54, 1.807) is 12.1 Å². The minimum atomic E-state index is -2.62. The van der Waals surface area contributed by atoms with Gasteiger partial charge in [0.1, 0.15) is 11.9 Å². The third-order valence-corrected chi connectivity index (χ3v) is 6.06. The fraction of sp³-hybridized carbons (Fsp3) is 0.429. The highest BCUT2D eigenvalue weighted by atomic mass is 35.5. The maximum atomic E-state index is 14.9. The fourth-order valence-electron chi connectivity index (χ4n) is 4.05. The first-order valence-corrected chi connectivity index (χ1v) is 10.9. The number of anilines is 3. The number of benzene rings is 1. The van der Waals surface area contributed by atoms with Gasteiger partial charge >= 0.3 is 11.9 Å². The van der Waals surface area contributed by atoms with Gasteiger partial charge in [0.05, 0.1) is 26.0 Å². The third kappa shape index (κ3) is 4.80. The molecular weight excluding hydrogens is 489 g/mol. The molecule has 0 spiro atoms. The van der Waals surface area contributed by atoms with E-state index in [1.165, 1.54) is 17.0 Å². The van der Waals surface area contributed by atoms with Crippen molar-refractivity contribution in [2.45, 2.75) is 43.6 Å². The highest BCUT2D eigenvalue weighted by Gasteiger charge is 2.50. The number of hydrogen-bond acceptors (Lipinski definition) is 10. The Kier molecular flexibility index (Phi) is 6.94. The Morgan fingerprint density at radius 3 is 2.54 bits per heavy atom. The van der Waals surface area contributed by atoms with E-state index < -0.39 is 49.1 Å². The number of nitrogens with two attached hydrogens (primary N) is 1. The van der Waals surface area contributed by atoms with Crippen LogP contribution in [0.25, 0.3) is 0 Å². The average Bonchev–Trinajstić information content (AvgIpc) is 3.39. The Balaban J connectivity index is 1.47. The van der Waals surface area contributed by atoms with Crippen LogP contribution in [0.3, 0.4) is 0 Å². The first-order valence-electron chi connectivity index (χ1n) is 10.6. The van der Waals surface area contributed by atoms with E-state index >= 15 is 0 Å². The van der Waals surface area contributed by atoms with Crippen molar-refractivity contribution in [2.75, 3.05) is 29.2 Å². The second-order valence-corrected chi connectivity index (χ2v) is 8.52. The van der Waals surface area contributed by atoms with Crippen LogP contribution in [0.4, 0.5) is 21.7 Å². The van der Waals surface area contributed by atoms with Crippen LogP contribution in [0.15, 0.2) is 24.3 Å². The Morgan fingerprint density at radius 2 is 1.91 bits per heavy atom. The zero-order chi connectivity index (χ0) is 25.3. The van der Waals surface area contributed by atoms with Gasteiger partial charge in [-0.15, -0.1) is 0 Å². The predicted molar refractivity (Wildman–Crippen MR) is 121 cm³/mol. The van der Waals surface area contributed by atoms with Gasteiger partial charge in [-0.05, 0) is 22.7 Å². The predicted octanol–water partition coefficient (Wildman–Crippen LogP) is 1.01. The molecule has 2 aromatic rings. The number of aliphatic hydroxyl groups excluding tert-OH is 1. The normalized spacial score (nSPS) is 21.6. The molecule has 0 saturated carbocycles. The quantitative estimate of drug-likeness (QED) is 0.238. The molecule has 0 radical (unpaired) electrons. The van der Waals surface area contributed by atoms with E-state index in [2.05, 4.69) is 15.3 Å². The molecule has 3 atom stereocenters. The molecule has 1 fully saturated rings. The number of alkyl halides is 1. The summed E-state index contributed by atoms with van der Waals surface area (Å²) < 4.78 is 26.1. The van der Waals surface area contributed by atoms with E-state index in [0.717, 1.165) is 0 Å². The van der Waals surface area contributed by atoms with Crippen LogP contribution < -0.4 is 16.0 Å². The van der Waals surface area contributed by atoms with Gasteiger partial charge in [0.15, 0.2) is 17.9 Å². The zero-order valence-corrected chi connectivity index (χ0v) is 19.0. The molecule has 3 heterocycles. The highest BCUT2D eigenvalue weighted by molar-refractivity contribution is 6.28. The summed E-state index contributed by atoms with van der Waals surface area (Å²) in [6.07, 6.45) is -4.20. The molecule has 188 valence electrons. The van der Waals surface area contributed by atoms with E-state index in [9.17, 15) is 24.2 Å².